The van der Waals surface area contributed by atoms with Crippen LogP contribution in [0, 0.1) is 5.82 Å². The second-order valence-electron chi connectivity index (χ2n) is 8.98. The Morgan fingerprint density at radius 3 is 2.62 bits per heavy atom. The van der Waals surface area contributed by atoms with Crippen LogP contribution in [0.1, 0.15) is 50.5 Å². The molecule has 7 heteroatoms. The highest BCUT2D eigenvalue weighted by Crippen LogP contribution is 2.41. The van der Waals surface area contributed by atoms with Gasteiger partial charge in [0.15, 0.2) is 11.6 Å². The molecule has 0 spiro atoms. The van der Waals surface area contributed by atoms with Crippen molar-refractivity contribution in [1.82, 2.24) is 9.97 Å². The van der Waals surface area contributed by atoms with Crippen LogP contribution >= 0.6 is 11.6 Å². The largest absolute Gasteiger partial charge is 0.482 e. The first-order valence-electron chi connectivity index (χ1n) is 10.7. The van der Waals surface area contributed by atoms with Crippen LogP contribution in [0.5, 0.6) is 5.75 Å². The highest BCUT2D eigenvalue weighted by Gasteiger charge is 2.34. The number of aromatic nitrogens is 2. The van der Waals surface area contributed by atoms with E-state index >= 15 is 0 Å². The van der Waals surface area contributed by atoms with Crippen LogP contribution in [0.15, 0.2) is 36.7 Å². The van der Waals surface area contributed by atoms with Crippen molar-refractivity contribution in [3.8, 4) is 16.9 Å². The number of hydrogen-bond acceptors (Lipinski definition) is 5. The summed E-state index contributed by atoms with van der Waals surface area (Å²) in [6.07, 6.45) is 3.57. The van der Waals surface area contributed by atoms with Gasteiger partial charge in [0.25, 0.3) is 0 Å². The van der Waals surface area contributed by atoms with Gasteiger partial charge in [0.1, 0.15) is 17.7 Å². The molecule has 5 nitrogen and oxygen atoms in total. The number of rotatable bonds is 5. The first-order chi connectivity index (χ1) is 15.1. The molecule has 0 radical (unpaired) electrons. The monoisotopic (exact) mass is 454 g/mol. The fourth-order valence-electron chi connectivity index (χ4n) is 4.54. The number of hydrogen-bond donors (Lipinski definition) is 1. The van der Waals surface area contributed by atoms with Crippen molar-refractivity contribution < 1.29 is 9.13 Å². The van der Waals surface area contributed by atoms with E-state index in [0.29, 0.717) is 28.3 Å². The number of nitrogens with two attached hydrogens (primary N) is 1. The molecule has 0 amide bonds. The van der Waals surface area contributed by atoms with Crippen molar-refractivity contribution in [3.05, 3.63) is 64.2 Å². The van der Waals surface area contributed by atoms with Gasteiger partial charge in [-0.1, -0.05) is 32.4 Å². The fourth-order valence-corrected chi connectivity index (χ4v) is 4.87. The number of ether oxygens (including phenoxy) is 1. The zero-order chi connectivity index (χ0) is 23.2. The Labute approximate surface area is 193 Å². The van der Waals surface area contributed by atoms with Gasteiger partial charge in [-0.25, -0.2) is 14.4 Å². The van der Waals surface area contributed by atoms with E-state index in [1.807, 2.05) is 26.1 Å². The minimum atomic E-state index is -0.502. The molecule has 0 aliphatic carbocycles. The second-order valence-corrected chi connectivity index (χ2v) is 9.38. The van der Waals surface area contributed by atoms with E-state index < -0.39 is 6.10 Å². The van der Waals surface area contributed by atoms with Crippen LogP contribution < -0.4 is 15.4 Å². The summed E-state index contributed by atoms with van der Waals surface area (Å²) in [6.45, 7) is 9.07. The molecule has 3 heterocycles. The summed E-state index contributed by atoms with van der Waals surface area (Å²) in [5, 5.41) is 0.465. The zero-order valence-corrected chi connectivity index (χ0v) is 19.8. The SMILES string of the molecule is CCc1c(F)ccc(Cl)c1C(C)Oc1cc(-c2cnc3c(c2)C(C)(C)CN3C)cnc1N. The first kappa shape index (κ1) is 22.3. The summed E-state index contributed by atoms with van der Waals surface area (Å²) in [6, 6.07) is 6.95. The maximum atomic E-state index is 14.3. The normalized spacial score (nSPS) is 15.5. The van der Waals surface area contributed by atoms with Gasteiger partial charge in [-0.15, -0.1) is 0 Å². The number of anilines is 2. The lowest BCUT2D eigenvalue weighted by Gasteiger charge is -2.21. The van der Waals surface area contributed by atoms with E-state index in [1.54, 1.807) is 12.3 Å². The van der Waals surface area contributed by atoms with Crippen molar-refractivity contribution in [1.29, 1.82) is 0 Å². The summed E-state index contributed by atoms with van der Waals surface area (Å²) in [7, 11) is 2.06. The minimum Gasteiger partial charge on any atom is -0.482 e. The number of fused-ring (bicyclic) bond motifs is 1. The molecule has 1 aliphatic rings. The predicted molar refractivity (Wildman–Crippen MR) is 128 cm³/mol. The van der Waals surface area contributed by atoms with E-state index in [9.17, 15) is 4.39 Å². The summed E-state index contributed by atoms with van der Waals surface area (Å²) in [5.41, 5.74) is 10.3. The van der Waals surface area contributed by atoms with Crippen LogP contribution in [0.25, 0.3) is 11.1 Å². The van der Waals surface area contributed by atoms with Gasteiger partial charge in [0, 0.05) is 58.7 Å². The molecule has 1 aliphatic heterocycles. The van der Waals surface area contributed by atoms with E-state index in [2.05, 4.69) is 41.8 Å². The van der Waals surface area contributed by atoms with Gasteiger partial charge in [-0.05, 0) is 43.2 Å². The summed E-state index contributed by atoms with van der Waals surface area (Å²) >= 11 is 6.40. The van der Waals surface area contributed by atoms with Gasteiger partial charge in [0.05, 0.1) is 0 Å². The average molecular weight is 455 g/mol. The standard InChI is InChI=1S/C25H28ClFN4O/c1-6-17-20(27)8-7-19(26)22(17)14(2)32-21-10-16(11-29-23(21)28)15-9-18-24(30-12-15)31(5)13-25(18,3)4/h7-12,14H,6,13H2,1-5H3,(H2,28,29). The lowest BCUT2D eigenvalue weighted by Crippen LogP contribution is -2.25. The van der Waals surface area contributed by atoms with Crippen LogP contribution in [0.3, 0.4) is 0 Å². The summed E-state index contributed by atoms with van der Waals surface area (Å²) < 4.78 is 20.5. The smallest absolute Gasteiger partial charge is 0.166 e. The number of nitrogen functional groups attached to an aromatic ring is 1. The third-order valence-corrected chi connectivity index (χ3v) is 6.45. The molecule has 2 aromatic heterocycles. The van der Waals surface area contributed by atoms with Crippen molar-refractivity contribution in [3.63, 3.8) is 0 Å². The van der Waals surface area contributed by atoms with E-state index in [-0.39, 0.29) is 17.1 Å². The van der Waals surface area contributed by atoms with Crippen molar-refractivity contribution in [2.45, 2.75) is 45.6 Å². The molecule has 2 N–H and O–H groups in total. The lowest BCUT2D eigenvalue weighted by atomic mass is 9.87. The highest BCUT2D eigenvalue weighted by molar-refractivity contribution is 6.31. The topological polar surface area (TPSA) is 64.3 Å². The zero-order valence-electron chi connectivity index (χ0n) is 19.0. The predicted octanol–water partition coefficient (Wildman–Crippen LogP) is 5.95. The van der Waals surface area contributed by atoms with Crippen molar-refractivity contribution in [2.75, 3.05) is 24.2 Å². The number of halogens is 2. The average Bonchev–Trinajstić information content (AvgIpc) is 2.98. The molecule has 168 valence electrons. The molecule has 1 unspecified atom stereocenters. The van der Waals surface area contributed by atoms with Crippen LogP contribution in [0.2, 0.25) is 5.02 Å². The molecule has 0 bridgehead atoms. The molecule has 3 aromatic rings. The van der Waals surface area contributed by atoms with E-state index in [0.717, 1.165) is 23.5 Å². The minimum absolute atomic E-state index is 0.00680. The Kier molecular flexibility index (Phi) is 5.76. The maximum Gasteiger partial charge on any atom is 0.166 e. The van der Waals surface area contributed by atoms with E-state index in [1.165, 1.54) is 11.6 Å². The molecular weight excluding hydrogens is 427 g/mol. The van der Waals surface area contributed by atoms with Gasteiger partial charge < -0.3 is 15.4 Å². The number of likely N-dealkylation sites (N-methyl/N-ethyl adjacent to an activating group) is 1. The third-order valence-electron chi connectivity index (χ3n) is 6.12. The molecule has 4 rings (SSSR count). The number of nitrogens with zero attached hydrogens (tertiary/aromatic N) is 3. The first-order valence-corrected chi connectivity index (χ1v) is 11.1. The van der Waals surface area contributed by atoms with Crippen molar-refractivity contribution >= 4 is 23.2 Å². The fraction of sp³-hybridized carbons (Fsp3) is 0.360. The summed E-state index contributed by atoms with van der Waals surface area (Å²) in [5.74, 6) is 1.40. The Hall–Kier alpha value is -2.86. The van der Waals surface area contributed by atoms with Gasteiger partial charge in [0.2, 0.25) is 0 Å². The summed E-state index contributed by atoms with van der Waals surface area (Å²) in [4.78, 5) is 11.2. The van der Waals surface area contributed by atoms with Gasteiger partial charge in [-0.2, -0.15) is 0 Å². The molecule has 1 atom stereocenters. The van der Waals surface area contributed by atoms with Crippen LogP contribution in [0.4, 0.5) is 16.0 Å². The van der Waals surface area contributed by atoms with E-state index in [4.69, 9.17) is 22.1 Å². The molecule has 32 heavy (non-hydrogen) atoms. The van der Waals surface area contributed by atoms with Crippen LogP contribution in [-0.2, 0) is 11.8 Å². The Morgan fingerprint density at radius 2 is 1.91 bits per heavy atom. The second kappa shape index (κ2) is 8.24. The molecular formula is C25H28ClFN4O. The number of pyridine rings is 2. The Balaban J connectivity index is 1.69. The molecule has 0 fully saturated rings. The lowest BCUT2D eigenvalue weighted by molar-refractivity contribution is 0.226. The van der Waals surface area contributed by atoms with Crippen LogP contribution in [-0.4, -0.2) is 23.6 Å². The Morgan fingerprint density at radius 1 is 1.22 bits per heavy atom. The van der Waals surface area contributed by atoms with Gasteiger partial charge in [-0.3, -0.25) is 0 Å². The quantitative estimate of drug-likeness (QED) is 0.516. The maximum absolute atomic E-state index is 14.3. The third kappa shape index (κ3) is 3.88. The molecule has 0 saturated carbocycles. The number of benzene rings is 1. The van der Waals surface area contributed by atoms with Crippen molar-refractivity contribution in [2.24, 2.45) is 0 Å². The molecule has 0 saturated heterocycles. The Bertz CT molecular complexity index is 1180. The molecule has 1 aromatic carbocycles. The highest BCUT2D eigenvalue weighted by atomic mass is 35.5. The van der Waals surface area contributed by atoms with Gasteiger partial charge >= 0.3 is 0 Å².